The topological polar surface area (TPSA) is 34.5 Å². The number of nitrogens with one attached hydrogen (secondary N) is 1. The van der Waals surface area contributed by atoms with Crippen molar-refractivity contribution < 1.29 is 26.8 Å². The number of para-hydroxylation sites is 1. The van der Waals surface area contributed by atoms with E-state index in [1.807, 2.05) is 54.7 Å². The molecule has 1 aliphatic rings. The molecule has 0 saturated carbocycles. The predicted molar refractivity (Wildman–Crippen MR) is 90.3 cm³/mol. The summed E-state index contributed by atoms with van der Waals surface area (Å²) >= 11 is 0. The van der Waals surface area contributed by atoms with Gasteiger partial charge < -0.3 is 21.9 Å². The predicted octanol–water partition coefficient (Wildman–Crippen LogP) is 0.375. The molecule has 3 nitrogen and oxygen atoms in total. The lowest BCUT2D eigenvalue weighted by molar-refractivity contribution is -0.365. The number of nitrogens with zero attached hydrogens (tertiary/aromatic N) is 1. The highest BCUT2D eigenvalue weighted by molar-refractivity contribution is 6.00. The molecule has 0 bridgehead atoms. The van der Waals surface area contributed by atoms with Crippen LogP contribution in [0.3, 0.4) is 0 Å². The van der Waals surface area contributed by atoms with E-state index in [0.717, 1.165) is 29.1 Å². The summed E-state index contributed by atoms with van der Waals surface area (Å²) in [5, 5.41) is 0. The minimum atomic E-state index is 0. The molecule has 0 fully saturated rings. The summed E-state index contributed by atoms with van der Waals surface area (Å²) in [5.41, 5.74) is 5.37. The fraction of sp³-hybridized carbons (Fsp3) is 0.100. The normalized spacial score (nSPS) is 11.9. The number of carbonyl (C=O) groups is 1. The van der Waals surface area contributed by atoms with Crippen LogP contribution in [0.5, 0.6) is 0 Å². The van der Waals surface area contributed by atoms with Crippen molar-refractivity contribution in [1.82, 2.24) is 0 Å². The average molecular weight is 381 g/mol. The molecule has 3 aromatic rings. The van der Waals surface area contributed by atoms with Gasteiger partial charge in [-0.2, -0.15) is 0 Å². The molecule has 0 atom stereocenters. The quantitative estimate of drug-likeness (QED) is 0.615. The SMILES string of the molecule is O=C(CN1Cc2ccc[nH+]c2-c2ccccc21)c1ccccc1.[Br-]. The summed E-state index contributed by atoms with van der Waals surface area (Å²) in [6, 6.07) is 21.8. The van der Waals surface area contributed by atoms with Crippen LogP contribution in [0.4, 0.5) is 5.69 Å². The molecule has 0 amide bonds. The third kappa shape index (κ3) is 2.97. The molecule has 2 heterocycles. The standard InChI is InChI=1S/C20H16N2O.BrH/c23-19(15-7-2-1-3-8-15)14-22-13-16-9-6-12-21-20(16)17-10-4-5-11-18(17)22;/h1-12H,13-14H2;1H. The number of aromatic nitrogens is 1. The van der Waals surface area contributed by atoms with E-state index in [9.17, 15) is 4.79 Å². The first-order valence-electron chi connectivity index (χ1n) is 7.75. The molecule has 0 aliphatic carbocycles. The van der Waals surface area contributed by atoms with Crippen LogP contribution < -0.4 is 26.9 Å². The maximum Gasteiger partial charge on any atom is 0.217 e. The number of fused-ring (bicyclic) bond motifs is 3. The van der Waals surface area contributed by atoms with Gasteiger partial charge in [0.05, 0.1) is 24.3 Å². The Balaban J connectivity index is 0.00000169. The van der Waals surface area contributed by atoms with Gasteiger partial charge in [0.25, 0.3) is 0 Å². The Labute approximate surface area is 151 Å². The van der Waals surface area contributed by atoms with Gasteiger partial charge >= 0.3 is 0 Å². The lowest BCUT2D eigenvalue weighted by atomic mass is 9.97. The molecular weight excluding hydrogens is 364 g/mol. The Bertz CT molecular complexity index is 864. The van der Waals surface area contributed by atoms with Crippen molar-refractivity contribution in [2.24, 2.45) is 0 Å². The number of pyridine rings is 1. The number of Topliss-reactive ketones (excluding diaryl/α,β-unsaturated/α-hetero) is 1. The number of ketones is 1. The highest BCUT2D eigenvalue weighted by Gasteiger charge is 2.27. The van der Waals surface area contributed by atoms with E-state index in [-0.39, 0.29) is 22.8 Å². The third-order valence-corrected chi connectivity index (χ3v) is 4.25. The largest absolute Gasteiger partial charge is 1.00 e. The summed E-state index contributed by atoms with van der Waals surface area (Å²) in [6.07, 6.45) is 1.94. The van der Waals surface area contributed by atoms with E-state index in [1.165, 1.54) is 5.56 Å². The summed E-state index contributed by atoms with van der Waals surface area (Å²) in [5.74, 6) is 0.142. The Morgan fingerprint density at radius 1 is 0.958 bits per heavy atom. The Morgan fingerprint density at radius 2 is 1.71 bits per heavy atom. The van der Waals surface area contributed by atoms with Gasteiger partial charge in [-0.05, 0) is 18.2 Å². The first-order chi connectivity index (χ1) is 11.3. The second-order valence-corrected chi connectivity index (χ2v) is 5.73. The van der Waals surface area contributed by atoms with E-state index < -0.39 is 0 Å². The van der Waals surface area contributed by atoms with Crippen LogP contribution in [0.25, 0.3) is 11.3 Å². The van der Waals surface area contributed by atoms with Crippen molar-refractivity contribution in [3.63, 3.8) is 0 Å². The Hall–Kier alpha value is -2.46. The van der Waals surface area contributed by atoms with Gasteiger partial charge in [0.2, 0.25) is 5.69 Å². The molecule has 0 spiro atoms. The number of H-pyrrole nitrogens is 1. The highest BCUT2D eigenvalue weighted by atomic mass is 79.9. The van der Waals surface area contributed by atoms with Crippen molar-refractivity contribution in [2.75, 3.05) is 11.4 Å². The number of rotatable bonds is 3. The van der Waals surface area contributed by atoms with Crippen molar-refractivity contribution in [1.29, 1.82) is 0 Å². The molecule has 2 aromatic carbocycles. The zero-order valence-electron chi connectivity index (χ0n) is 13.1. The maximum absolute atomic E-state index is 12.6. The van der Waals surface area contributed by atoms with Crippen LogP contribution in [0.2, 0.25) is 0 Å². The number of aromatic amines is 1. The van der Waals surface area contributed by atoms with E-state index in [4.69, 9.17) is 0 Å². The molecule has 1 N–H and O–H groups in total. The van der Waals surface area contributed by atoms with Gasteiger partial charge in [0, 0.05) is 17.2 Å². The zero-order chi connectivity index (χ0) is 15.6. The average Bonchev–Trinajstić information content (AvgIpc) is 2.62. The van der Waals surface area contributed by atoms with E-state index >= 15 is 0 Å². The molecule has 0 unspecified atom stereocenters. The Kier molecular flexibility index (Phi) is 4.76. The van der Waals surface area contributed by atoms with Gasteiger partial charge in [-0.3, -0.25) is 4.79 Å². The van der Waals surface area contributed by atoms with Crippen molar-refractivity contribution in [3.05, 3.63) is 84.1 Å². The van der Waals surface area contributed by atoms with E-state index in [1.54, 1.807) is 0 Å². The highest BCUT2D eigenvalue weighted by Crippen LogP contribution is 2.36. The van der Waals surface area contributed by atoms with E-state index in [2.05, 4.69) is 28.1 Å². The first-order valence-corrected chi connectivity index (χ1v) is 7.75. The number of benzene rings is 2. The lowest BCUT2D eigenvalue weighted by Gasteiger charge is -2.29. The van der Waals surface area contributed by atoms with Crippen LogP contribution in [0.15, 0.2) is 72.9 Å². The lowest BCUT2D eigenvalue weighted by Crippen LogP contribution is -3.00. The van der Waals surface area contributed by atoms with Crippen molar-refractivity contribution in [3.8, 4) is 11.3 Å². The van der Waals surface area contributed by atoms with Crippen molar-refractivity contribution >= 4 is 11.5 Å². The third-order valence-electron chi connectivity index (χ3n) is 4.25. The molecule has 4 rings (SSSR count). The monoisotopic (exact) mass is 380 g/mol. The smallest absolute Gasteiger partial charge is 0.217 e. The van der Waals surface area contributed by atoms with Crippen LogP contribution >= 0.6 is 0 Å². The van der Waals surface area contributed by atoms with Gasteiger partial charge in [0.1, 0.15) is 0 Å². The van der Waals surface area contributed by atoms with Crippen LogP contribution in [0, 0.1) is 0 Å². The molecule has 0 saturated heterocycles. The van der Waals surface area contributed by atoms with Gasteiger partial charge in [0.15, 0.2) is 12.0 Å². The summed E-state index contributed by atoms with van der Waals surface area (Å²) in [7, 11) is 0. The first kappa shape index (κ1) is 16.4. The summed E-state index contributed by atoms with van der Waals surface area (Å²) in [4.78, 5) is 18.1. The minimum Gasteiger partial charge on any atom is -1.00 e. The molecule has 1 aromatic heterocycles. The molecule has 120 valence electrons. The molecule has 24 heavy (non-hydrogen) atoms. The van der Waals surface area contributed by atoms with Gasteiger partial charge in [-0.25, -0.2) is 4.98 Å². The second-order valence-electron chi connectivity index (χ2n) is 5.73. The van der Waals surface area contributed by atoms with Gasteiger partial charge in [-0.1, -0.05) is 42.5 Å². The number of anilines is 1. The van der Waals surface area contributed by atoms with Crippen LogP contribution in [-0.2, 0) is 6.54 Å². The second kappa shape index (κ2) is 6.97. The fourth-order valence-corrected chi connectivity index (χ4v) is 3.14. The van der Waals surface area contributed by atoms with Gasteiger partial charge in [-0.15, -0.1) is 0 Å². The number of halogens is 1. The fourth-order valence-electron chi connectivity index (χ4n) is 3.14. The summed E-state index contributed by atoms with van der Waals surface area (Å²) in [6.45, 7) is 1.12. The molecule has 1 aliphatic heterocycles. The summed E-state index contributed by atoms with van der Waals surface area (Å²) < 4.78 is 0. The number of hydrogen-bond donors (Lipinski definition) is 0. The molecular formula is C20H17BrN2O. The minimum absolute atomic E-state index is 0. The molecule has 0 radical (unpaired) electrons. The number of hydrogen-bond acceptors (Lipinski definition) is 2. The maximum atomic E-state index is 12.6. The zero-order valence-corrected chi connectivity index (χ0v) is 14.7. The molecule has 4 heteroatoms. The van der Waals surface area contributed by atoms with Crippen LogP contribution in [-0.4, -0.2) is 12.3 Å². The van der Waals surface area contributed by atoms with E-state index in [0.29, 0.717) is 6.54 Å². The van der Waals surface area contributed by atoms with Crippen LogP contribution in [0.1, 0.15) is 15.9 Å². The Morgan fingerprint density at radius 3 is 2.54 bits per heavy atom. The van der Waals surface area contributed by atoms with Crippen molar-refractivity contribution in [2.45, 2.75) is 6.54 Å². The number of carbonyl (C=O) groups excluding carboxylic acids is 1.